The number of aromatic nitrogens is 1. The summed E-state index contributed by atoms with van der Waals surface area (Å²) in [5, 5.41) is 8.73. The average molecular weight is 253 g/mol. The lowest BCUT2D eigenvalue weighted by Gasteiger charge is -2.07. The lowest BCUT2D eigenvalue weighted by Crippen LogP contribution is -2.25. The Morgan fingerprint density at radius 1 is 1.47 bits per heavy atom. The lowest BCUT2D eigenvalue weighted by atomic mass is 10.0. The van der Waals surface area contributed by atoms with Crippen LogP contribution in [0.3, 0.4) is 0 Å². The second kappa shape index (κ2) is 8.47. The van der Waals surface area contributed by atoms with Crippen LogP contribution in [0.1, 0.15) is 5.69 Å². The molecule has 0 aliphatic carbocycles. The van der Waals surface area contributed by atoms with E-state index < -0.39 is 11.9 Å². The van der Waals surface area contributed by atoms with Gasteiger partial charge in [0.2, 0.25) is 0 Å². The van der Waals surface area contributed by atoms with Crippen molar-refractivity contribution in [2.45, 2.75) is 6.42 Å². The largest absolute Gasteiger partial charge is 0.481 e. The predicted octanol–water partition coefficient (Wildman–Crippen LogP) is 1.13. The summed E-state index contributed by atoms with van der Waals surface area (Å²) >= 11 is 0. The van der Waals surface area contributed by atoms with E-state index in [9.17, 15) is 4.79 Å². The van der Waals surface area contributed by atoms with Crippen molar-refractivity contribution in [2.75, 3.05) is 6.54 Å². The van der Waals surface area contributed by atoms with Gasteiger partial charge in [-0.3, -0.25) is 9.78 Å². The van der Waals surface area contributed by atoms with Gasteiger partial charge in [0.25, 0.3) is 0 Å². The molecule has 0 fully saturated rings. The van der Waals surface area contributed by atoms with E-state index in [1.807, 2.05) is 6.07 Å². The van der Waals surface area contributed by atoms with Gasteiger partial charge in [-0.25, -0.2) is 0 Å². The maximum absolute atomic E-state index is 10.6. The maximum atomic E-state index is 10.6. The molecule has 0 bridgehead atoms. The summed E-state index contributed by atoms with van der Waals surface area (Å²) in [6.45, 7) is 0.145. The number of hydrogen-bond acceptors (Lipinski definition) is 3. The molecule has 1 aromatic heterocycles. The van der Waals surface area contributed by atoms with Crippen LogP contribution in [0.25, 0.3) is 0 Å². The number of aliphatic carboxylic acids is 1. The zero-order chi connectivity index (χ0) is 9.68. The monoisotopic (exact) mass is 252 g/mol. The number of carboxylic acids is 1. The Bertz CT molecular complexity index is 283. The molecule has 1 aromatic rings. The smallest absolute Gasteiger partial charge is 0.308 e. The third-order valence-corrected chi connectivity index (χ3v) is 1.82. The van der Waals surface area contributed by atoms with E-state index in [4.69, 9.17) is 10.8 Å². The fraction of sp³-hybridized carbons (Fsp3) is 0.333. The van der Waals surface area contributed by atoms with Crippen LogP contribution in [0.4, 0.5) is 0 Å². The summed E-state index contributed by atoms with van der Waals surface area (Å²) < 4.78 is 0. The number of rotatable bonds is 4. The summed E-state index contributed by atoms with van der Waals surface area (Å²) in [5.74, 6) is -1.40. The number of nitrogens with zero attached hydrogens (tertiary/aromatic N) is 1. The van der Waals surface area contributed by atoms with Crippen molar-refractivity contribution in [3.05, 3.63) is 30.1 Å². The van der Waals surface area contributed by atoms with Crippen molar-refractivity contribution < 1.29 is 9.90 Å². The summed E-state index contributed by atoms with van der Waals surface area (Å²) in [7, 11) is 0. The number of carbonyl (C=O) groups is 1. The van der Waals surface area contributed by atoms with E-state index in [-0.39, 0.29) is 31.4 Å². The van der Waals surface area contributed by atoms with Crippen LogP contribution in [0.5, 0.6) is 0 Å². The van der Waals surface area contributed by atoms with Crippen molar-refractivity contribution in [1.82, 2.24) is 4.98 Å². The molecule has 0 aromatic carbocycles. The molecule has 86 valence electrons. The van der Waals surface area contributed by atoms with Crippen molar-refractivity contribution in [3.8, 4) is 0 Å². The zero-order valence-electron chi connectivity index (χ0n) is 8.00. The second-order valence-electron chi connectivity index (χ2n) is 2.80. The van der Waals surface area contributed by atoms with Crippen molar-refractivity contribution in [1.29, 1.82) is 0 Å². The first-order valence-corrected chi connectivity index (χ1v) is 4.07. The molecule has 0 saturated heterocycles. The standard InChI is InChI=1S/C9H12N2O2.2ClH/c10-6-7(9(12)13)5-8-3-1-2-4-11-8;;/h1-4,7H,5-6,10H2,(H,12,13);2*1H. The summed E-state index contributed by atoms with van der Waals surface area (Å²) in [6, 6.07) is 5.42. The summed E-state index contributed by atoms with van der Waals surface area (Å²) in [5.41, 5.74) is 6.08. The molecule has 0 aliphatic heterocycles. The van der Waals surface area contributed by atoms with Gasteiger partial charge in [0.15, 0.2) is 0 Å². The minimum Gasteiger partial charge on any atom is -0.481 e. The highest BCUT2D eigenvalue weighted by Gasteiger charge is 2.15. The van der Waals surface area contributed by atoms with Gasteiger partial charge in [0, 0.05) is 24.9 Å². The molecular formula is C9H14Cl2N2O2. The third kappa shape index (κ3) is 5.57. The molecule has 15 heavy (non-hydrogen) atoms. The molecule has 0 radical (unpaired) electrons. The van der Waals surface area contributed by atoms with Crippen LogP contribution >= 0.6 is 24.8 Å². The molecule has 6 heteroatoms. The quantitative estimate of drug-likeness (QED) is 0.843. The van der Waals surface area contributed by atoms with Gasteiger partial charge in [-0.15, -0.1) is 24.8 Å². The second-order valence-corrected chi connectivity index (χ2v) is 2.80. The van der Waals surface area contributed by atoms with Gasteiger partial charge in [-0.2, -0.15) is 0 Å². The van der Waals surface area contributed by atoms with Crippen LogP contribution in [0, 0.1) is 5.92 Å². The fourth-order valence-corrected chi connectivity index (χ4v) is 1.04. The maximum Gasteiger partial charge on any atom is 0.308 e. The lowest BCUT2D eigenvalue weighted by molar-refractivity contribution is -0.141. The number of nitrogens with two attached hydrogens (primary N) is 1. The van der Waals surface area contributed by atoms with Crippen LogP contribution in [0.15, 0.2) is 24.4 Å². The molecule has 0 saturated carbocycles. The highest BCUT2D eigenvalue weighted by molar-refractivity contribution is 5.85. The molecule has 1 heterocycles. The van der Waals surface area contributed by atoms with Crippen molar-refractivity contribution in [2.24, 2.45) is 11.7 Å². The molecular weight excluding hydrogens is 239 g/mol. The van der Waals surface area contributed by atoms with Gasteiger partial charge in [0.1, 0.15) is 0 Å². The molecule has 1 atom stereocenters. The Kier molecular flexibility index (Phi) is 9.36. The molecule has 1 unspecified atom stereocenters. The van der Waals surface area contributed by atoms with Gasteiger partial charge in [-0.05, 0) is 12.1 Å². The summed E-state index contributed by atoms with van der Waals surface area (Å²) in [4.78, 5) is 14.7. The molecule has 0 spiro atoms. The first kappa shape index (κ1) is 16.6. The Hall–Kier alpha value is -0.840. The number of carboxylic acid groups (broad SMARTS) is 1. The van der Waals surface area contributed by atoms with E-state index in [0.29, 0.717) is 6.42 Å². The van der Waals surface area contributed by atoms with E-state index in [0.717, 1.165) is 5.69 Å². The first-order valence-electron chi connectivity index (χ1n) is 4.07. The fourth-order valence-electron chi connectivity index (χ4n) is 1.04. The van der Waals surface area contributed by atoms with E-state index in [1.54, 1.807) is 18.3 Å². The Labute approximate surface area is 101 Å². The number of pyridine rings is 1. The summed E-state index contributed by atoms with van der Waals surface area (Å²) in [6.07, 6.45) is 2.04. The molecule has 0 aliphatic rings. The van der Waals surface area contributed by atoms with E-state index >= 15 is 0 Å². The first-order chi connectivity index (χ1) is 6.24. The Morgan fingerprint density at radius 3 is 2.53 bits per heavy atom. The van der Waals surface area contributed by atoms with Crippen LogP contribution in [0.2, 0.25) is 0 Å². The van der Waals surface area contributed by atoms with Crippen LogP contribution < -0.4 is 5.73 Å². The zero-order valence-corrected chi connectivity index (χ0v) is 9.63. The van der Waals surface area contributed by atoms with E-state index in [1.165, 1.54) is 0 Å². The topological polar surface area (TPSA) is 76.2 Å². The minimum absolute atomic E-state index is 0. The van der Waals surface area contributed by atoms with Gasteiger partial charge >= 0.3 is 5.97 Å². The average Bonchev–Trinajstić information content (AvgIpc) is 2.15. The highest BCUT2D eigenvalue weighted by atomic mass is 35.5. The Morgan fingerprint density at radius 2 is 2.13 bits per heavy atom. The molecule has 1 rings (SSSR count). The van der Waals surface area contributed by atoms with Gasteiger partial charge in [0.05, 0.1) is 5.92 Å². The predicted molar refractivity (Wildman–Crippen MR) is 62.6 cm³/mol. The normalized spacial score (nSPS) is 10.7. The van der Waals surface area contributed by atoms with E-state index in [2.05, 4.69) is 4.98 Å². The van der Waals surface area contributed by atoms with Gasteiger partial charge < -0.3 is 10.8 Å². The third-order valence-electron chi connectivity index (χ3n) is 1.82. The van der Waals surface area contributed by atoms with Crippen molar-refractivity contribution >= 4 is 30.8 Å². The van der Waals surface area contributed by atoms with Crippen molar-refractivity contribution in [3.63, 3.8) is 0 Å². The molecule has 0 amide bonds. The Balaban J connectivity index is 0. The van der Waals surface area contributed by atoms with Crippen LogP contribution in [-0.2, 0) is 11.2 Å². The molecule has 3 N–H and O–H groups in total. The molecule has 4 nitrogen and oxygen atoms in total. The highest BCUT2D eigenvalue weighted by Crippen LogP contribution is 2.04. The minimum atomic E-state index is -0.867. The number of hydrogen-bond donors (Lipinski definition) is 2. The van der Waals surface area contributed by atoms with Crippen LogP contribution in [-0.4, -0.2) is 22.6 Å². The number of halogens is 2. The van der Waals surface area contributed by atoms with Gasteiger partial charge in [-0.1, -0.05) is 6.07 Å². The SMILES string of the molecule is Cl.Cl.NCC(Cc1ccccn1)C(=O)O.